The Bertz CT molecular complexity index is 658. The summed E-state index contributed by atoms with van der Waals surface area (Å²) in [4.78, 5) is 23.7. The summed E-state index contributed by atoms with van der Waals surface area (Å²) in [5, 5.41) is 6.71. The molecular weight excluding hydrogens is 347 g/mol. The summed E-state index contributed by atoms with van der Waals surface area (Å²) in [7, 11) is 0. The number of amides is 2. The Morgan fingerprint density at radius 2 is 1.17 bits per heavy atom. The minimum Gasteiger partial charge on any atom is -0.326 e. The van der Waals surface area contributed by atoms with Crippen LogP contribution in [0.3, 0.4) is 0 Å². The standard InChI is InChI=1S/C18H18Cl2N2O2/c19-13-5-3-7-15(11-13)21-17(23)9-1-2-10-18(24)22-16-8-4-6-14(20)12-16/h3-8,11-12H,1-2,9-10H2,(H,21,23)(H,22,24). The van der Waals surface area contributed by atoms with E-state index < -0.39 is 0 Å². The number of rotatable bonds is 7. The van der Waals surface area contributed by atoms with Crippen molar-refractivity contribution >= 4 is 46.4 Å². The highest BCUT2D eigenvalue weighted by molar-refractivity contribution is 6.31. The zero-order valence-corrected chi connectivity index (χ0v) is 14.5. The van der Waals surface area contributed by atoms with Crippen LogP contribution < -0.4 is 10.6 Å². The van der Waals surface area contributed by atoms with Crippen molar-refractivity contribution < 1.29 is 9.59 Å². The van der Waals surface area contributed by atoms with E-state index in [4.69, 9.17) is 23.2 Å². The number of carbonyl (C=O) groups excluding carboxylic acids is 2. The van der Waals surface area contributed by atoms with Crippen LogP contribution in [-0.4, -0.2) is 11.8 Å². The lowest BCUT2D eigenvalue weighted by molar-refractivity contribution is -0.118. The maximum absolute atomic E-state index is 11.8. The van der Waals surface area contributed by atoms with Gasteiger partial charge >= 0.3 is 0 Å². The second-order valence-electron chi connectivity index (χ2n) is 5.32. The fraction of sp³-hybridized carbons (Fsp3) is 0.222. The monoisotopic (exact) mass is 364 g/mol. The fourth-order valence-corrected chi connectivity index (χ4v) is 2.53. The number of halogens is 2. The first-order chi connectivity index (χ1) is 11.5. The molecule has 0 aliphatic heterocycles. The van der Waals surface area contributed by atoms with Crippen molar-refractivity contribution in [3.63, 3.8) is 0 Å². The van der Waals surface area contributed by atoms with E-state index in [1.54, 1.807) is 48.5 Å². The van der Waals surface area contributed by atoms with Gasteiger partial charge in [-0.2, -0.15) is 0 Å². The zero-order chi connectivity index (χ0) is 17.4. The molecule has 2 aromatic rings. The average molecular weight is 365 g/mol. The number of benzene rings is 2. The van der Waals surface area contributed by atoms with Crippen LogP contribution in [0.5, 0.6) is 0 Å². The molecule has 0 spiro atoms. The van der Waals surface area contributed by atoms with Gasteiger partial charge in [-0.3, -0.25) is 9.59 Å². The van der Waals surface area contributed by atoms with Gasteiger partial charge in [0.05, 0.1) is 0 Å². The van der Waals surface area contributed by atoms with E-state index in [1.807, 2.05) is 0 Å². The normalized spacial score (nSPS) is 10.2. The molecule has 0 bridgehead atoms. The highest BCUT2D eigenvalue weighted by atomic mass is 35.5. The lowest BCUT2D eigenvalue weighted by Crippen LogP contribution is -2.13. The van der Waals surface area contributed by atoms with Crippen LogP contribution in [0.4, 0.5) is 11.4 Å². The number of anilines is 2. The predicted molar refractivity (Wildman–Crippen MR) is 98.6 cm³/mol. The lowest BCUT2D eigenvalue weighted by atomic mass is 10.1. The van der Waals surface area contributed by atoms with Crippen molar-refractivity contribution in [1.29, 1.82) is 0 Å². The SMILES string of the molecule is O=C(CCCCC(=O)Nc1cccc(Cl)c1)Nc1cccc(Cl)c1. The zero-order valence-electron chi connectivity index (χ0n) is 13.0. The minimum atomic E-state index is -0.0903. The molecule has 0 fully saturated rings. The largest absolute Gasteiger partial charge is 0.326 e. The predicted octanol–water partition coefficient (Wildman–Crippen LogP) is 5.13. The Morgan fingerprint density at radius 3 is 1.54 bits per heavy atom. The van der Waals surface area contributed by atoms with Crippen LogP contribution in [0, 0.1) is 0 Å². The van der Waals surface area contributed by atoms with Crippen molar-refractivity contribution in [3.05, 3.63) is 58.6 Å². The van der Waals surface area contributed by atoms with Crippen LogP contribution >= 0.6 is 23.2 Å². The third-order valence-corrected chi connectivity index (χ3v) is 3.74. The average Bonchev–Trinajstić information content (AvgIpc) is 2.51. The molecule has 0 aliphatic rings. The molecule has 0 atom stereocenters. The summed E-state index contributed by atoms with van der Waals surface area (Å²) in [6.07, 6.45) is 1.98. The van der Waals surface area contributed by atoms with Crippen molar-refractivity contribution in [1.82, 2.24) is 0 Å². The molecule has 2 N–H and O–H groups in total. The molecule has 126 valence electrons. The van der Waals surface area contributed by atoms with Gasteiger partial charge in [0.25, 0.3) is 0 Å². The van der Waals surface area contributed by atoms with Crippen molar-refractivity contribution in [2.45, 2.75) is 25.7 Å². The number of hydrogen-bond acceptors (Lipinski definition) is 2. The number of carbonyl (C=O) groups is 2. The molecule has 6 heteroatoms. The van der Waals surface area contributed by atoms with Crippen LogP contribution in [0.15, 0.2) is 48.5 Å². The van der Waals surface area contributed by atoms with E-state index in [2.05, 4.69) is 10.6 Å². The molecule has 0 aliphatic carbocycles. The molecule has 0 radical (unpaired) electrons. The highest BCUT2D eigenvalue weighted by Crippen LogP contribution is 2.16. The Hall–Kier alpha value is -2.04. The summed E-state index contributed by atoms with van der Waals surface area (Å²) < 4.78 is 0. The van der Waals surface area contributed by atoms with Gasteiger partial charge in [0, 0.05) is 34.3 Å². The molecular formula is C18H18Cl2N2O2. The van der Waals surface area contributed by atoms with Gasteiger partial charge in [0.1, 0.15) is 0 Å². The van der Waals surface area contributed by atoms with Crippen LogP contribution in [-0.2, 0) is 9.59 Å². The first-order valence-electron chi connectivity index (χ1n) is 7.64. The Labute approximate surface area is 151 Å². The Balaban J connectivity index is 1.65. The maximum atomic E-state index is 11.8. The number of nitrogens with one attached hydrogen (secondary N) is 2. The Kier molecular flexibility index (Phi) is 7.09. The third-order valence-electron chi connectivity index (χ3n) is 3.27. The van der Waals surface area contributed by atoms with E-state index >= 15 is 0 Å². The molecule has 0 heterocycles. The molecule has 2 aromatic carbocycles. The maximum Gasteiger partial charge on any atom is 0.224 e. The first kappa shape index (κ1) is 18.3. The quantitative estimate of drug-likeness (QED) is 0.668. The van der Waals surface area contributed by atoms with E-state index in [9.17, 15) is 9.59 Å². The van der Waals surface area contributed by atoms with Crippen molar-refractivity contribution in [2.75, 3.05) is 10.6 Å². The van der Waals surface area contributed by atoms with Gasteiger partial charge in [-0.25, -0.2) is 0 Å². The van der Waals surface area contributed by atoms with Crippen molar-refractivity contribution in [3.8, 4) is 0 Å². The second kappa shape index (κ2) is 9.30. The summed E-state index contributed by atoms with van der Waals surface area (Å²) in [6, 6.07) is 14.0. The molecule has 0 aromatic heterocycles. The molecule has 0 unspecified atom stereocenters. The molecule has 2 rings (SSSR count). The third kappa shape index (κ3) is 6.60. The van der Waals surface area contributed by atoms with E-state index in [1.165, 1.54) is 0 Å². The Morgan fingerprint density at radius 1 is 0.750 bits per heavy atom. The summed E-state index contributed by atoms with van der Waals surface area (Å²) in [5.41, 5.74) is 1.34. The number of hydrogen-bond donors (Lipinski definition) is 2. The summed E-state index contributed by atoms with van der Waals surface area (Å²) >= 11 is 11.7. The van der Waals surface area contributed by atoms with Gasteiger partial charge in [-0.15, -0.1) is 0 Å². The number of unbranched alkanes of at least 4 members (excludes halogenated alkanes) is 1. The van der Waals surface area contributed by atoms with Gasteiger partial charge in [0.2, 0.25) is 11.8 Å². The molecule has 24 heavy (non-hydrogen) atoms. The summed E-state index contributed by atoms with van der Waals surface area (Å²) in [5.74, 6) is -0.181. The van der Waals surface area contributed by atoms with Gasteiger partial charge < -0.3 is 10.6 Å². The molecule has 0 saturated carbocycles. The molecule has 2 amide bonds. The van der Waals surface area contributed by atoms with Gasteiger partial charge in [0.15, 0.2) is 0 Å². The van der Waals surface area contributed by atoms with E-state index in [0.717, 1.165) is 0 Å². The lowest BCUT2D eigenvalue weighted by Gasteiger charge is -2.07. The van der Waals surface area contributed by atoms with E-state index in [-0.39, 0.29) is 11.8 Å². The molecule has 0 saturated heterocycles. The van der Waals surface area contributed by atoms with Crippen molar-refractivity contribution in [2.24, 2.45) is 0 Å². The smallest absolute Gasteiger partial charge is 0.224 e. The molecule has 4 nitrogen and oxygen atoms in total. The first-order valence-corrected chi connectivity index (χ1v) is 8.39. The fourth-order valence-electron chi connectivity index (χ4n) is 2.15. The van der Waals surface area contributed by atoms with Crippen LogP contribution in [0.1, 0.15) is 25.7 Å². The van der Waals surface area contributed by atoms with Crippen LogP contribution in [0.25, 0.3) is 0 Å². The van der Waals surface area contributed by atoms with Gasteiger partial charge in [-0.1, -0.05) is 35.3 Å². The topological polar surface area (TPSA) is 58.2 Å². The summed E-state index contributed by atoms with van der Waals surface area (Å²) in [6.45, 7) is 0. The van der Waals surface area contributed by atoms with Crippen LogP contribution in [0.2, 0.25) is 10.0 Å². The van der Waals surface area contributed by atoms with E-state index in [0.29, 0.717) is 47.1 Å². The second-order valence-corrected chi connectivity index (χ2v) is 6.20. The van der Waals surface area contributed by atoms with Gasteiger partial charge in [-0.05, 0) is 49.2 Å². The highest BCUT2D eigenvalue weighted by Gasteiger charge is 2.06. The minimum absolute atomic E-state index is 0.0903.